The number of alkyl halides is 7. The van der Waals surface area contributed by atoms with E-state index in [4.69, 9.17) is 11.6 Å². The number of hydrogen-bond donors (Lipinski definition) is 1. The zero-order valence-electron chi connectivity index (χ0n) is 9.24. The second kappa shape index (κ2) is 5.44. The fourth-order valence-electron chi connectivity index (χ4n) is 1.20. The SMILES string of the molecule is O=C(Nc1cccc(Cl)c1)C(Br)(C(F)(F)F)C(F)(F)F. The quantitative estimate of drug-likeness (QED) is 0.589. The van der Waals surface area contributed by atoms with Crippen molar-refractivity contribution in [3.63, 3.8) is 0 Å². The summed E-state index contributed by atoms with van der Waals surface area (Å²) in [5.41, 5.74) is -0.292. The maximum absolute atomic E-state index is 12.6. The number of rotatable bonds is 2. The zero-order chi connectivity index (χ0) is 15.8. The minimum Gasteiger partial charge on any atom is -0.324 e. The monoisotopic (exact) mass is 383 g/mol. The molecule has 0 aliphatic heterocycles. The molecule has 0 saturated carbocycles. The molecular weight excluding hydrogens is 379 g/mol. The summed E-state index contributed by atoms with van der Waals surface area (Å²) in [6.45, 7) is 0. The maximum Gasteiger partial charge on any atom is 0.421 e. The zero-order valence-corrected chi connectivity index (χ0v) is 11.6. The first kappa shape index (κ1) is 17.1. The number of anilines is 1. The van der Waals surface area contributed by atoms with Crippen molar-refractivity contribution in [2.45, 2.75) is 16.7 Å². The third-order valence-electron chi connectivity index (χ3n) is 2.18. The van der Waals surface area contributed by atoms with Gasteiger partial charge in [-0.25, -0.2) is 0 Å². The molecule has 0 unspecified atom stereocenters. The van der Waals surface area contributed by atoms with Crippen molar-refractivity contribution in [1.82, 2.24) is 0 Å². The van der Waals surface area contributed by atoms with Gasteiger partial charge in [-0.05, 0) is 18.2 Å². The Labute approximate surface area is 122 Å². The molecule has 0 fully saturated rings. The van der Waals surface area contributed by atoms with E-state index in [0.717, 1.165) is 12.1 Å². The summed E-state index contributed by atoms with van der Waals surface area (Å²) in [5, 5.41) is 1.57. The van der Waals surface area contributed by atoms with Crippen LogP contribution in [0, 0.1) is 0 Å². The Kier molecular flexibility index (Phi) is 4.65. The molecule has 0 heterocycles. The van der Waals surface area contributed by atoms with Gasteiger partial charge < -0.3 is 5.32 Å². The number of benzene rings is 1. The Bertz CT molecular complexity index is 501. The summed E-state index contributed by atoms with van der Waals surface area (Å²) in [4.78, 5) is 11.4. The molecular formula is C10H5BrClF6NO. The number of halogens is 8. The van der Waals surface area contributed by atoms with Crippen molar-refractivity contribution < 1.29 is 31.1 Å². The summed E-state index contributed by atoms with van der Waals surface area (Å²) in [7, 11) is 0. The fraction of sp³-hybridized carbons (Fsp3) is 0.300. The van der Waals surface area contributed by atoms with Gasteiger partial charge >= 0.3 is 12.4 Å². The maximum atomic E-state index is 12.6. The summed E-state index contributed by atoms with van der Waals surface area (Å²) in [6.07, 6.45) is -11.7. The van der Waals surface area contributed by atoms with Crippen LogP contribution in [-0.4, -0.2) is 22.6 Å². The molecule has 0 aliphatic rings. The van der Waals surface area contributed by atoms with E-state index >= 15 is 0 Å². The van der Waals surface area contributed by atoms with E-state index in [-0.39, 0.29) is 10.7 Å². The van der Waals surface area contributed by atoms with E-state index in [0.29, 0.717) is 0 Å². The molecule has 0 saturated heterocycles. The molecule has 0 bridgehead atoms. The molecule has 1 N–H and O–H groups in total. The fourth-order valence-corrected chi connectivity index (χ4v) is 1.49. The lowest BCUT2D eigenvalue weighted by Crippen LogP contribution is -2.59. The minimum absolute atomic E-state index is 0.0435. The highest BCUT2D eigenvalue weighted by molar-refractivity contribution is 9.10. The molecule has 0 spiro atoms. The summed E-state index contributed by atoms with van der Waals surface area (Å²) in [5.74, 6) is -2.31. The molecule has 2 nitrogen and oxygen atoms in total. The van der Waals surface area contributed by atoms with Crippen LogP contribution in [0.4, 0.5) is 32.0 Å². The third-order valence-corrected chi connectivity index (χ3v) is 3.67. The Morgan fingerprint density at radius 2 is 1.60 bits per heavy atom. The molecule has 20 heavy (non-hydrogen) atoms. The van der Waals surface area contributed by atoms with E-state index in [1.165, 1.54) is 33.4 Å². The lowest BCUT2D eigenvalue weighted by atomic mass is 10.1. The summed E-state index contributed by atoms with van der Waals surface area (Å²) < 4.78 is 70.8. The van der Waals surface area contributed by atoms with E-state index in [1.807, 2.05) is 0 Å². The smallest absolute Gasteiger partial charge is 0.324 e. The van der Waals surface area contributed by atoms with Gasteiger partial charge in [0.15, 0.2) is 0 Å². The highest BCUT2D eigenvalue weighted by atomic mass is 79.9. The molecule has 0 aliphatic carbocycles. The molecule has 1 rings (SSSR count). The van der Waals surface area contributed by atoms with Gasteiger partial charge in [-0.1, -0.05) is 33.6 Å². The highest BCUT2D eigenvalue weighted by Gasteiger charge is 2.74. The average molecular weight is 385 g/mol. The number of carbonyl (C=O) groups excluding carboxylic acids is 1. The van der Waals surface area contributed by atoms with Gasteiger partial charge in [-0.2, -0.15) is 26.3 Å². The van der Waals surface area contributed by atoms with Crippen molar-refractivity contribution in [3.05, 3.63) is 29.3 Å². The van der Waals surface area contributed by atoms with E-state index < -0.39 is 22.6 Å². The van der Waals surface area contributed by atoms with Crippen LogP contribution in [0.1, 0.15) is 0 Å². The lowest BCUT2D eigenvalue weighted by molar-refractivity contribution is -0.253. The Morgan fingerprint density at radius 1 is 1.10 bits per heavy atom. The first-order valence-electron chi connectivity index (χ1n) is 4.79. The van der Waals surface area contributed by atoms with Crippen LogP contribution in [0.2, 0.25) is 5.02 Å². The van der Waals surface area contributed by atoms with Gasteiger partial charge in [-0.15, -0.1) is 0 Å². The van der Waals surface area contributed by atoms with Gasteiger partial charge in [-0.3, -0.25) is 4.79 Å². The average Bonchev–Trinajstić information content (AvgIpc) is 2.24. The van der Waals surface area contributed by atoms with Crippen LogP contribution >= 0.6 is 27.5 Å². The lowest BCUT2D eigenvalue weighted by Gasteiger charge is -2.30. The van der Waals surface area contributed by atoms with Crippen molar-refractivity contribution in [2.75, 3.05) is 5.32 Å². The Hall–Kier alpha value is -0.960. The summed E-state index contributed by atoms with van der Waals surface area (Å²) >= 11 is 6.99. The van der Waals surface area contributed by atoms with E-state index in [1.54, 1.807) is 0 Å². The van der Waals surface area contributed by atoms with Crippen molar-refractivity contribution in [1.29, 1.82) is 0 Å². The van der Waals surface area contributed by atoms with Gasteiger partial charge in [0.2, 0.25) is 0 Å². The second-order valence-electron chi connectivity index (χ2n) is 3.62. The minimum atomic E-state index is -5.87. The van der Waals surface area contributed by atoms with Gasteiger partial charge in [0, 0.05) is 10.7 Å². The van der Waals surface area contributed by atoms with Crippen LogP contribution < -0.4 is 5.32 Å². The van der Waals surface area contributed by atoms with E-state index in [9.17, 15) is 31.1 Å². The molecule has 112 valence electrons. The number of hydrogen-bond acceptors (Lipinski definition) is 1. The third kappa shape index (κ3) is 3.20. The molecule has 0 atom stereocenters. The first-order valence-corrected chi connectivity index (χ1v) is 5.96. The van der Waals surface area contributed by atoms with Crippen LogP contribution in [0.5, 0.6) is 0 Å². The van der Waals surface area contributed by atoms with Crippen molar-refractivity contribution in [2.24, 2.45) is 0 Å². The second-order valence-corrected chi connectivity index (χ2v) is 5.24. The van der Waals surface area contributed by atoms with Crippen molar-refractivity contribution >= 4 is 39.1 Å². The number of amides is 1. The Balaban J connectivity index is 3.15. The molecule has 0 aromatic heterocycles. The van der Waals surface area contributed by atoms with E-state index in [2.05, 4.69) is 0 Å². The van der Waals surface area contributed by atoms with Crippen LogP contribution in [0.25, 0.3) is 0 Å². The topological polar surface area (TPSA) is 29.1 Å². The molecule has 1 amide bonds. The van der Waals surface area contributed by atoms with Gasteiger partial charge in [0.1, 0.15) is 0 Å². The van der Waals surface area contributed by atoms with Crippen LogP contribution in [0.15, 0.2) is 24.3 Å². The van der Waals surface area contributed by atoms with Gasteiger partial charge in [0.05, 0.1) is 0 Å². The standard InChI is InChI=1S/C10H5BrClF6NO/c11-8(9(13,14)15,10(16,17)18)7(20)19-6-3-1-2-5(12)4-6/h1-4H,(H,19,20). The largest absolute Gasteiger partial charge is 0.421 e. The number of nitrogens with one attached hydrogen (secondary N) is 1. The molecule has 10 heteroatoms. The predicted octanol–water partition coefficient (Wildman–Crippen LogP) is 4.54. The predicted molar refractivity (Wildman–Crippen MR) is 63.8 cm³/mol. The first-order chi connectivity index (χ1) is 8.89. The Morgan fingerprint density at radius 3 is 2.00 bits per heavy atom. The molecule has 1 aromatic rings. The van der Waals surface area contributed by atoms with Crippen LogP contribution in [0.3, 0.4) is 0 Å². The van der Waals surface area contributed by atoms with Gasteiger partial charge in [0.25, 0.3) is 10.2 Å². The molecule has 0 radical (unpaired) electrons. The number of carbonyl (C=O) groups is 1. The highest BCUT2D eigenvalue weighted by Crippen LogP contribution is 2.50. The normalized spacial score (nSPS) is 13.2. The molecule has 1 aromatic carbocycles. The van der Waals surface area contributed by atoms with Crippen LogP contribution in [-0.2, 0) is 4.79 Å². The van der Waals surface area contributed by atoms with Crippen molar-refractivity contribution in [3.8, 4) is 0 Å². The summed E-state index contributed by atoms with van der Waals surface area (Å²) in [6, 6.07) is 4.71.